The third-order valence-corrected chi connectivity index (χ3v) is 3.31. The summed E-state index contributed by atoms with van der Waals surface area (Å²) in [5, 5.41) is 6.03. The van der Waals surface area contributed by atoms with Crippen LogP contribution in [0.25, 0.3) is 0 Å². The van der Waals surface area contributed by atoms with E-state index in [9.17, 15) is 9.59 Å². The average molecular weight is 318 g/mol. The molecule has 1 heterocycles. The average Bonchev–Trinajstić information content (AvgIpc) is 2.50. The molecule has 0 unspecified atom stereocenters. The van der Waals surface area contributed by atoms with E-state index < -0.39 is 0 Å². The third kappa shape index (κ3) is 4.05. The van der Waals surface area contributed by atoms with E-state index in [4.69, 9.17) is 11.6 Å². The maximum absolute atomic E-state index is 12.1. The van der Waals surface area contributed by atoms with Gasteiger partial charge in [-0.2, -0.15) is 0 Å². The van der Waals surface area contributed by atoms with Gasteiger partial charge in [-0.15, -0.1) is 0 Å². The number of halogens is 1. The van der Waals surface area contributed by atoms with Crippen molar-refractivity contribution in [3.8, 4) is 0 Å². The van der Waals surface area contributed by atoms with Gasteiger partial charge in [0.25, 0.3) is 5.91 Å². The van der Waals surface area contributed by atoms with Crippen molar-refractivity contribution in [1.82, 2.24) is 4.98 Å². The predicted molar refractivity (Wildman–Crippen MR) is 87.3 cm³/mol. The number of rotatable bonds is 4. The maximum atomic E-state index is 12.1. The summed E-state index contributed by atoms with van der Waals surface area (Å²) >= 11 is 5.79. The molecule has 0 bridgehead atoms. The van der Waals surface area contributed by atoms with Gasteiger partial charge in [-0.1, -0.05) is 18.5 Å². The number of aromatic nitrogens is 1. The van der Waals surface area contributed by atoms with Gasteiger partial charge in [-0.3, -0.25) is 9.59 Å². The van der Waals surface area contributed by atoms with Crippen LogP contribution in [0.5, 0.6) is 0 Å². The lowest BCUT2D eigenvalue weighted by atomic mass is 10.2. The maximum Gasteiger partial charge on any atom is 0.256 e. The monoisotopic (exact) mass is 317 g/mol. The molecule has 0 aliphatic heterocycles. The van der Waals surface area contributed by atoms with Crippen LogP contribution in [0.15, 0.2) is 36.5 Å². The molecule has 6 heteroatoms. The van der Waals surface area contributed by atoms with Gasteiger partial charge in [0.1, 0.15) is 5.82 Å². The molecule has 22 heavy (non-hydrogen) atoms. The Bertz CT molecular complexity index is 699. The van der Waals surface area contributed by atoms with Crippen LogP contribution >= 0.6 is 11.6 Å². The fourth-order valence-corrected chi connectivity index (χ4v) is 1.91. The van der Waals surface area contributed by atoms with E-state index >= 15 is 0 Å². The highest BCUT2D eigenvalue weighted by Gasteiger charge is 2.09. The van der Waals surface area contributed by atoms with Gasteiger partial charge in [-0.05, 0) is 42.8 Å². The minimum Gasteiger partial charge on any atom is -0.325 e. The fourth-order valence-electron chi connectivity index (χ4n) is 1.78. The number of hydrogen-bond acceptors (Lipinski definition) is 3. The van der Waals surface area contributed by atoms with E-state index in [1.165, 1.54) is 6.20 Å². The molecule has 0 aliphatic carbocycles. The van der Waals surface area contributed by atoms with E-state index in [1.54, 1.807) is 37.3 Å². The highest BCUT2D eigenvalue weighted by Crippen LogP contribution is 2.18. The van der Waals surface area contributed by atoms with Gasteiger partial charge in [0.15, 0.2) is 0 Å². The number of pyridine rings is 1. The minimum absolute atomic E-state index is 0.0807. The number of amides is 2. The lowest BCUT2D eigenvalue weighted by Crippen LogP contribution is -2.14. The van der Waals surface area contributed by atoms with Crippen LogP contribution in [-0.2, 0) is 4.79 Å². The standard InChI is InChI=1S/C16H16ClN3O2/c1-3-15(21)19-13-9-18-14(8-10(13)2)20-16(22)11-4-6-12(17)7-5-11/h4-9H,3H2,1-2H3,(H,19,21)(H,18,20,22). The van der Waals surface area contributed by atoms with Gasteiger partial charge in [-0.25, -0.2) is 4.98 Å². The van der Waals surface area contributed by atoms with Crippen LogP contribution in [0.4, 0.5) is 11.5 Å². The first kappa shape index (κ1) is 16.0. The van der Waals surface area contributed by atoms with E-state index in [0.29, 0.717) is 28.5 Å². The molecule has 0 aliphatic rings. The van der Waals surface area contributed by atoms with Crippen molar-refractivity contribution in [2.45, 2.75) is 20.3 Å². The molecule has 0 spiro atoms. The summed E-state index contributed by atoms with van der Waals surface area (Å²) in [5.74, 6) is 0.0729. The van der Waals surface area contributed by atoms with Crippen LogP contribution in [0, 0.1) is 6.92 Å². The molecule has 0 fully saturated rings. The normalized spacial score (nSPS) is 10.1. The second kappa shape index (κ2) is 7.04. The predicted octanol–water partition coefficient (Wildman–Crippen LogP) is 3.64. The Hall–Kier alpha value is -2.40. The lowest BCUT2D eigenvalue weighted by molar-refractivity contribution is -0.115. The molecule has 0 saturated heterocycles. The van der Waals surface area contributed by atoms with E-state index in [2.05, 4.69) is 15.6 Å². The molecule has 2 aromatic rings. The Balaban J connectivity index is 2.10. The van der Waals surface area contributed by atoms with Crippen molar-refractivity contribution in [2.24, 2.45) is 0 Å². The molecule has 2 rings (SSSR count). The summed E-state index contributed by atoms with van der Waals surface area (Å²) in [4.78, 5) is 27.6. The second-order valence-electron chi connectivity index (χ2n) is 4.75. The van der Waals surface area contributed by atoms with Crippen LogP contribution in [0.3, 0.4) is 0 Å². The van der Waals surface area contributed by atoms with Gasteiger partial charge in [0.05, 0.1) is 11.9 Å². The van der Waals surface area contributed by atoms with Crippen molar-refractivity contribution in [1.29, 1.82) is 0 Å². The second-order valence-corrected chi connectivity index (χ2v) is 5.18. The first-order valence-corrected chi connectivity index (χ1v) is 7.21. The number of carbonyl (C=O) groups is 2. The van der Waals surface area contributed by atoms with E-state index in [0.717, 1.165) is 5.56 Å². The molecule has 0 atom stereocenters. The zero-order valence-corrected chi connectivity index (χ0v) is 13.1. The highest BCUT2D eigenvalue weighted by atomic mass is 35.5. The molecule has 5 nitrogen and oxygen atoms in total. The smallest absolute Gasteiger partial charge is 0.256 e. The summed E-state index contributed by atoms with van der Waals surface area (Å²) in [6.45, 7) is 3.61. The first-order chi connectivity index (χ1) is 10.5. The summed E-state index contributed by atoms with van der Waals surface area (Å²) < 4.78 is 0. The van der Waals surface area contributed by atoms with Crippen molar-refractivity contribution in [2.75, 3.05) is 10.6 Å². The summed E-state index contributed by atoms with van der Waals surface area (Å²) in [5.41, 5.74) is 1.95. The van der Waals surface area contributed by atoms with Crippen molar-refractivity contribution in [3.05, 3.63) is 52.7 Å². The van der Waals surface area contributed by atoms with Crippen LogP contribution < -0.4 is 10.6 Å². The number of carbonyl (C=O) groups excluding carboxylic acids is 2. The Morgan fingerprint density at radius 3 is 2.45 bits per heavy atom. The van der Waals surface area contributed by atoms with Crippen LogP contribution in [-0.4, -0.2) is 16.8 Å². The fraction of sp³-hybridized carbons (Fsp3) is 0.188. The number of anilines is 2. The minimum atomic E-state index is -0.270. The number of benzene rings is 1. The lowest BCUT2D eigenvalue weighted by Gasteiger charge is -2.10. The van der Waals surface area contributed by atoms with E-state index in [1.807, 2.05) is 6.92 Å². The SMILES string of the molecule is CCC(=O)Nc1cnc(NC(=O)c2ccc(Cl)cc2)cc1C. The third-order valence-electron chi connectivity index (χ3n) is 3.05. The number of hydrogen-bond donors (Lipinski definition) is 2. The zero-order chi connectivity index (χ0) is 16.1. The molecule has 0 radical (unpaired) electrons. The molecule has 1 aromatic heterocycles. The van der Waals surface area contributed by atoms with Gasteiger partial charge >= 0.3 is 0 Å². The number of aryl methyl sites for hydroxylation is 1. The summed E-state index contributed by atoms with van der Waals surface area (Å²) in [6.07, 6.45) is 1.93. The number of nitrogens with one attached hydrogen (secondary N) is 2. The van der Waals surface area contributed by atoms with E-state index in [-0.39, 0.29) is 11.8 Å². The van der Waals surface area contributed by atoms with Gasteiger partial charge in [0, 0.05) is 17.0 Å². The number of nitrogens with zero attached hydrogens (tertiary/aromatic N) is 1. The van der Waals surface area contributed by atoms with Crippen LogP contribution in [0.1, 0.15) is 29.3 Å². The molecular weight excluding hydrogens is 302 g/mol. The highest BCUT2D eigenvalue weighted by molar-refractivity contribution is 6.30. The Kier molecular flexibility index (Phi) is 5.12. The molecule has 0 saturated carbocycles. The molecule has 1 aromatic carbocycles. The topological polar surface area (TPSA) is 71.1 Å². The molecule has 114 valence electrons. The zero-order valence-electron chi connectivity index (χ0n) is 12.3. The first-order valence-electron chi connectivity index (χ1n) is 6.83. The van der Waals surface area contributed by atoms with Crippen molar-refractivity contribution in [3.63, 3.8) is 0 Å². The van der Waals surface area contributed by atoms with Crippen LogP contribution in [0.2, 0.25) is 5.02 Å². The molecular formula is C16H16ClN3O2. The largest absolute Gasteiger partial charge is 0.325 e. The Morgan fingerprint density at radius 1 is 1.18 bits per heavy atom. The molecule has 2 N–H and O–H groups in total. The van der Waals surface area contributed by atoms with Gasteiger partial charge in [0.2, 0.25) is 5.91 Å². The quantitative estimate of drug-likeness (QED) is 0.904. The Morgan fingerprint density at radius 2 is 1.86 bits per heavy atom. The Labute approximate surface area is 133 Å². The van der Waals surface area contributed by atoms with Gasteiger partial charge < -0.3 is 10.6 Å². The summed E-state index contributed by atoms with van der Waals surface area (Å²) in [7, 11) is 0. The van der Waals surface area contributed by atoms with Crippen molar-refractivity contribution >= 4 is 34.9 Å². The molecule has 2 amide bonds. The van der Waals surface area contributed by atoms with Crippen molar-refractivity contribution < 1.29 is 9.59 Å². The summed E-state index contributed by atoms with van der Waals surface area (Å²) in [6, 6.07) is 8.29.